The van der Waals surface area contributed by atoms with Crippen LogP contribution in [0.25, 0.3) is 5.69 Å². The zero-order chi connectivity index (χ0) is 15.1. The Morgan fingerprint density at radius 2 is 1.85 bits per heavy atom. The predicted molar refractivity (Wildman–Crippen MR) is 84.5 cm³/mol. The number of aryl methyl sites for hydroxylation is 1. The SMILES string of the molecule is Cc1cc(Cl)c(-n2ncc(Br)c2NS(C)(=O)=O)c(Cl)c1. The predicted octanol–water partition coefficient (Wildman–Crippen LogP) is 3.62. The lowest BCUT2D eigenvalue weighted by Gasteiger charge is -2.12. The molecule has 0 fully saturated rings. The van der Waals surface area contributed by atoms with Gasteiger partial charge in [-0.15, -0.1) is 0 Å². The molecular formula is C11H10BrCl2N3O2S. The van der Waals surface area contributed by atoms with Gasteiger partial charge in [-0.2, -0.15) is 5.10 Å². The van der Waals surface area contributed by atoms with Crippen molar-refractivity contribution in [3.05, 3.63) is 38.4 Å². The highest BCUT2D eigenvalue weighted by Crippen LogP contribution is 2.34. The molecule has 0 radical (unpaired) electrons. The Bertz CT molecular complexity index is 751. The van der Waals surface area contributed by atoms with Gasteiger partial charge in [0.2, 0.25) is 10.0 Å². The molecule has 5 nitrogen and oxygen atoms in total. The third-order valence-corrected chi connectivity index (χ3v) is 4.10. The van der Waals surface area contributed by atoms with Crippen LogP contribution in [0.1, 0.15) is 5.56 Å². The van der Waals surface area contributed by atoms with Gasteiger partial charge in [-0.1, -0.05) is 23.2 Å². The second kappa shape index (κ2) is 5.55. The molecule has 0 spiro atoms. The molecule has 2 rings (SSSR count). The topological polar surface area (TPSA) is 64.0 Å². The van der Waals surface area contributed by atoms with E-state index in [-0.39, 0.29) is 5.82 Å². The van der Waals surface area contributed by atoms with E-state index in [0.29, 0.717) is 20.2 Å². The first kappa shape index (κ1) is 15.6. The molecule has 1 aromatic carbocycles. The molecule has 1 heterocycles. The van der Waals surface area contributed by atoms with Crippen LogP contribution in [0.3, 0.4) is 0 Å². The lowest BCUT2D eigenvalue weighted by Crippen LogP contribution is -2.14. The highest BCUT2D eigenvalue weighted by molar-refractivity contribution is 9.10. The fourth-order valence-electron chi connectivity index (χ4n) is 1.66. The largest absolute Gasteiger partial charge is 0.267 e. The van der Waals surface area contributed by atoms with E-state index in [0.717, 1.165) is 11.8 Å². The van der Waals surface area contributed by atoms with Gasteiger partial charge < -0.3 is 0 Å². The summed E-state index contributed by atoms with van der Waals surface area (Å²) in [5.41, 5.74) is 1.31. The number of hydrogen-bond acceptors (Lipinski definition) is 3. The van der Waals surface area contributed by atoms with Crippen LogP contribution in [0.4, 0.5) is 5.82 Å². The summed E-state index contributed by atoms with van der Waals surface area (Å²) in [4.78, 5) is 0. The van der Waals surface area contributed by atoms with Gasteiger partial charge in [-0.05, 0) is 40.5 Å². The molecule has 108 valence electrons. The minimum Gasteiger partial charge on any atom is -0.267 e. The number of nitrogens with zero attached hydrogens (tertiary/aromatic N) is 2. The summed E-state index contributed by atoms with van der Waals surface area (Å²) in [7, 11) is -3.46. The van der Waals surface area contributed by atoms with Gasteiger partial charge in [-0.25, -0.2) is 13.1 Å². The Morgan fingerprint density at radius 3 is 2.35 bits per heavy atom. The summed E-state index contributed by atoms with van der Waals surface area (Å²) in [6, 6.07) is 3.45. The van der Waals surface area contributed by atoms with Crippen molar-refractivity contribution < 1.29 is 8.42 Å². The number of hydrogen-bond donors (Lipinski definition) is 1. The van der Waals surface area contributed by atoms with Crippen molar-refractivity contribution in [1.29, 1.82) is 0 Å². The van der Waals surface area contributed by atoms with E-state index in [1.54, 1.807) is 12.1 Å². The molecule has 1 N–H and O–H groups in total. The zero-order valence-electron chi connectivity index (χ0n) is 10.5. The average molecular weight is 399 g/mol. The quantitative estimate of drug-likeness (QED) is 0.858. The van der Waals surface area contributed by atoms with E-state index in [2.05, 4.69) is 25.8 Å². The fraction of sp³-hybridized carbons (Fsp3) is 0.182. The molecule has 2 aromatic rings. The number of nitrogens with one attached hydrogen (secondary N) is 1. The molecule has 0 aliphatic heterocycles. The number of sulfonamides is 1. The Morgan fingerprint density at radius 1 is 1.30 bits per heavy atom. The van der Waals surface area contributed by atoms with Crippen molar-refractivity contribution in [2.24, 2.45) is 0 Å². The average Bonchev–Trinajstić information content (AvgIpc) is 2.58. The number of halogens is 3. The highest BCUT2D eigenvalue weighted by atomic mass is 79.9. The van der Waals surface area contributed by atoms with Gasteiger partial charge in [0.25, 0.3) is 0 Å². The van der Waals surface area contributed by atoms with Crippen LogP contribution < -0.4 is 4.72 Å². The molecular weight excluding hydrogens is 389 g/mol. The number of anilines is 1. The van der Waals surface area contributed by atoms with Crippen molar-refractivity contribution in [3.63, 3.8) is 0 Å². The first-order valence-electron chi connectivity index (χ1n) is 5.36. The van der Waals surface area contributed by atoms with Crippen molar-refractivity contribution >= 4 is 55.0 Å². The molecule has 1 aromatic heterocycles. The van der Waals surface area contributed by atoms with Gasteiger partial charge in [-0.3, -0.25) is 4.72 Å². The van der Waals surface area contributed by atoms with Gasteiger partial charge in [0, 0.05) is 0 Å². The maximum Gasteiger partial charge on any atom is 0.231 e. The lowest BCUT2D eigenvalue weighted by molar-refractivity contribution is 0.606. The first-order chi connectivity index (χ1) is 9.19. The van der Waals surface area contributed by atoms with Crippen LogP contribution in [-0.2, 0) is 10.0 Å². The molecule has 0 atom stereocenters. The summed E-state index contributed by atoms with van der Waals surface area (Å²) >= 11 is 15.6. The van der Waals surface area contributed by atoms with Crippen LogP contribution in [-0.4, -0.2) is 24.5 Å². The molecule has 0 saturated carbocycles. The van der Waals surface area contributed by atoms with Crippen molar-refractivity contribution in [3.8, 4) is 5.69 Å². The van der Waals surface area contributed by atoms with Crippen molar-refractivity contribution in [1.82, 2.24) is 9.78 Å². The highest BCUT2D eigenvalue weighted by Gasteiger charge is 2.18. The second-order valence-electron chi connectivity index (χ2n) is 4.20. The maximum absolute atomic E-state index is 11.4. The second-order valence-corrected chi connectivity index (χ2v) is 7.62. The minimum absolute atomic E-state index is 0.236. The Hall–Kier alpha value is -0.760. The van der Waals surface area contributed by atoms with Crippen LogP contribution in [0.2, 0.25) is 10.0 Å². The summed E-state index contributed by atoms with van der Waals surface area (Å²) in [6.07, 6.45) is 2.51. The molecule has 0 unspecified atom stereocenters. The zero-order valence-corrected chi connectivity index (χ0v) is 14.4. The van der Waals surface area contributed by atoms with E-state index in [4.69, 9.17) is 23.2 Å². The van der Waals surface area contributed by atoms with Crippen molar-refractivity contribution in [2.75, 3.05) is 11.0 Å². The minimum atomic E-state index is -3.46. The Balaban J connectivity index is 2.66. The van der Waals surface area contributed by atoms with E-state index >= 15 is 0 Å². The maximum atomic E-state index is 11.4. The third kappa shape index (κ3) is 3.28. The molecule has 0 aliphatic rings. The van der Waals surface area contributed by atoms with Crippen LogP contribution in [0.15, 0.2) is 22.8 Å². The molecule has 0 aliphatic carbocycles. The molecule has 0 amide bonds. The standard InChI is InChI=1S/C11H10BrCl2N3O2S/c1-6-3-8(13)10(9(14)4-6)17-11(7(12)5-15-17)16-20(2,18)19/h3-5,16H,1-2H3. The molecule has 9 heteroatoms. The summed E-state index contributed by atoms with van der Waals surface area (Å²) in [5.74, 6) is 0.236. The number of benzene rings is 1. The van der Waals surface area contributed by atoms with Crippen LogP contribution >= 0.6 is 39.1 Å². The van der Waals surface area contributed by atoms with Gasteiger partial charge >= 0.3 is 0 Å². The molecule has 0 saturated heterocycles. The van der Waals surface area contributed by atoms with Gasteiger partial charge in [0.1, 0.15) is 5.69 Å². The van der Waals surface area contributed by atoms with E-state index in [1.165, 1.54) is 10.9 Å². The lowest BCUT2D eigenvalue weighted by atomic mass is 10.2. The normalized spacial score (nSPS) is 11.7. The fourth-order valence-corrected chi connectivity index (χ4v) is 3.45. The molecule has 20 heavy (non-hydrogen) atoms. The Kier molecular flexibility index (Phi) is 4.34. The summed E-state index contributed by atoms with van der Waals surface area (Å²) < 4.78 is 27.0. The van der Waals surface area contributed by atoms with Crippen LogP contribution in [0, 0.1) is 6.92 Å². The van der Waals surface area contributed by atoms with Crippen LogP contribution in [0.5, 0.6) is 0 Å². The monoisotopic (exact) mass is 397 g/mol. The van der Waals surface area contributed by atoms with Gasteiger partial charge in [0.05, 0.1) is 27.0 Å². The Labute approximate surface area is 135 Å². The van der Waals surface area contributed by atoms with E-state index in [9.17, 15) is 8.42 Å². The first-order valence-corrected chi connectivity index (χ1v) is 8.80. The molecule has 0 bridgehead atoms. The summed E-state index contributed by atoms with van der Waals surface area (Å²) in [5, 5.41) is 4.85. The smallest absolute Gasteiger partial charge is 0.231 e. The van der Waals surface area contributed by atoms with Gasteiger partial charge in [0.15, 0.2) is 5.82 Å². The van der Waals surface area contributed by atoms with E-state index in [1.807, 2.05) is 6.92 Å². The van der Waals surface area contributed by atoms with Crippen molar-refractivity contribution in [2.45, 2.75) is 6.92 Å². The summed E-state index contributed by atoms with van der Waals surface area (Å²) in [6.45, 7) is 1.86. The van der Waals surface area contributed by atoms with E-state index < -0.39 is 10.0 Å². The third-order valence-electron chi connectivity index (χ3n) is 2.38. The number of rotatable bonds is 3. The number of aromatic nitrogens is 2.